The summed E-state index contributed by atoms with van der Waals surface area (Å²) in [6.45, 7) is 3.14. The van der Waals surface area contributed by atoms with Crippen molar-refractivity contribution in [3.05, 3.63) is 54.1 Å². The van der Waals surface area contributed by atoms with Gasteiger partial charge in [0.1, 0.15) is 0 Å². The third-order valence-electron chi connectivity index (χ3n) is 4.40. The predicted octanol–water partition coefficient (Wildman–Crippen LogP) is 1.87. The third-order valence-corrected chi connectivity index (χ3v) is 4.40. The van der Waals surface area contributed by atoms with Gasteiger partial charge in [-0.15, -0.1) is 0 Å². The van der Waals surface area contributed by atoms with Crippen molar-refractivity contribution in [1.82, 2.24) is 14.5 Å². The van der Waals surface area contributed by atoms with E-state index in [4.69, 9.17) is 0 Å². The number of rotatable bonds is 4. The number of likely N-dealkylation sites (tertiary alicyclic amines) is 1. The summed E-state index contributed by atoms with van der Waals surface area (Å²) in [5, 5.41) is 9.26. The molecule has 1 aliphatic heterocycles. The number of hydrogen-bond acceptors (Lipinski definition) is 3. The van der Waals surface area contributed by atoms with Crippen molar-refractivity contribution in [1.29, 1.82) is 0 Å². The summed E-state index contributed by atoms with van der Waals surface area (Å²) in [4.78, 5) is 29.4. The third kappa shape index (κ3) is 3.11. The zero-order valence-corrected chi connectivity index (χ0v) is 13.0. The van der Waals surface area contributed by atoms with Crippen LogP contribution in [-0.4, -0.2) is 44.5 Å². The summed E-state index contributed by atoms with van der Waals surface area (Å²) in [5.41, 5.74) is 0.835. The van der Waals surface area contributed by atoms with E-state index < -0.39 is 11.4 Å². The Kier molecular flexibility index (Phi) is 3.90. The first kappa shape index (κ1) is 15.3. The number of carbonyl (C=O) groups is 2. The Morgan fingerprint density at radius 3 is 2.61 bits per heavy atom. The van der Waals surface area contributed by atoms with Crippen LogP contribution in [0, 0.1) is 5.41 Å². The molecule has 1 aromatic carbocycles. The van der Waals surface area contributed by atoms with E-state index >= 15 is 0 Å². The number of carbonyl (C=O) groups excluding carboxylic acids is 1. The fraction of sp³-hybridized carbons (Fsp3) is 0.353. The molecule has 1 unspecified atom stereocenters. The van der Waals surface area contributed by atoms with Gasteiger partial charge in [0.05, 0.1) is 11.7 Å². The number of carboxylic acid groups (broad SMARTS) is 1. The molecule has 0 bridgehead atoms. The van der Waals surface area contributed by atoms with Gasteiger partial charge in [0.25, 0.3) is 5.91 Å². The van der Waals surface area contributed by atoms with Crippen molar-refractivity contribution in [2.24, 2.45) is 5.41 Å². The molecule has 6 heteroatoms. The molecular formula is C17H19N3O3. The Bertz CT molecular complexity index is 709. The Hall–Kier alpha value is -2.63. The van der Waals surface area contributed by atoms with Crippen LogP contribution in [0.1, 0.15) is 29.3 Å². The lowest BCUT2D eigenvalue weighted by Crippen LogP contribution is -2.34. The number of hydrogen-bond donors (Lipinski definition) is 1. The highest BCUT2D eigenvalue weighted by atomic mass is 16.4. The average molecular weight is 313 g/mol. The molecule has 0 spiro atoms. The number of carboxylic acids is 1. The fourth-order valence-electron chi connectivity index (χ4n) is 2.84. The molecule has 0 radical (unpaired) electrons. The van der Waals surface area contributed by atoms with E-state index in [2.05, 4.69) is 4.98 Å². The first-order chi connectivity index (χ1) is 11.0. The highest BCUT2D eigenvalue weighted by Gasteiger charge is 2.42. The van der Waals surface area contributed by atoms with Crippen LogP contribution in [0.5, 0.6) is 0 Å². The molecule has 23 heavy (non-hydrogen) atoms. The molecule has 2 aromatic rings. The van der Waals surface area contributed by atoms with Crippen LogP contribution in [0.4, 0.5) is 0 Å². The van der Waals surface area contributed by atoms with Crippen LogP contribution in [0.15, 0.2) is 43.0 Å². The van der Waals surface area contributed by atoms with E-state index in [9.17, 15) is 14.7 Å². The van der Waals surface area contributed by atoms with Gasteiger partial charge < -0.3 is 14.6 Å². The molecule has 2 heterocycles. The zero-order chi connectivity index (χ0) is 16.4. The zero-order valence-electron chi connectivity index (χ0n) is 13.0. The van der Waals surface area contributed by atoms with E-state index in [1.807, 2.05) is 22.9 Å². The van der Waals surface area contributed by atoms with Crippen LogP contribution in [0.3, 0.4) is 0 Å². The van der Waals surface area contributed by atoms with Crippen LogP contribution >= 0.6 is 0 Å². The SMILES string of the molecule is CC1(C(=O)O)CCN(C(=O)c2ccc(Cn3ccnc3)cc2)C1. The monoisotopic (exact) mass is 313 g/mol. The maximum Gasteiger partial charge on any atom is 0.311 e. The van der Waals surface area contributed by atoms with Crippen molar-refractivity contribution in [2.45, 2.75) is 19.9 Å². The topological polar surface area (TPSA) is 75.4 Å². The van der Waals surface area contributed by atoms with Crippen molar-refractivity contribution in [3.8, 4) is 0 Å². The van der Waals surface area contributed by atoms with Gasteiger partial charge in [-0.05, 0) is 31.0 Å². The lowest BCUT2D eigenvalue weighted by atomic mass is 9.90. The minimum atomic E-state index is -0.844. The predicted molar refractivity (Wildman–Crippen MR) is 84.0 cm³/mol. The number of aliphatic carboxylic acids is 1. The van der Waals surface area contributed by atoms with E-state index in [1.165, 1.54) is 0 Å². The molecule has 0 saturated carbocycles. The second-order valence-electron chi connectivity index (χ2n) is 6.27. The quantitative estimate of drug-likeness (QED) is 0.935. The first-order valence-corrected chi connectivity index (χ1v) is 7.55. The molecule has 6 nitrogen and oxygen atoms in total. The number of benzene rings is 1. The Balaban J connectivity index is 1.68. The highest BCUT2D eigenvalue weighted by Crippen LogP contribution is 2.31. The summed E-state index contributed by atoms with van der Waals surface area (Å²) in [6.07, 6.45) is 5.85. The van der Waals surface area contributed by atoms with Gasteiger partial charge in [-0.1, -0.05) is 12.1 Å². The van der Waals surface area contributed by atoms with Crippen molar-refractivity contribution >= 4 is 11.9 Å². The number of aromatic nitrogens is 2. The van der Waals surface area contributed by atoms with Crippen molar-refractivity contribution in [2.75, 3.05) is 13.1 Å². The minimum Gasteiger partial charge on any atom is -0.481 e. The molecule has 1 N–H and O–H groups in total. The Labute approximate surface area is 134 Å². The van der Waals surface area contributed by atoms with E-state index in [0.717, 1.165) is 5.56 Å². The second-order valence-corrected chi connectivity index (χ2v) is 6.27. The molecule has 0 aliphatic carbocycles. The maximum absolute atomic E-state index is 12.5. The normalized spacial score (nSPS) is 20.7. The Morgan fingerprint density at radius 1 is 1.30 bits per heavy atom. The lowest BCUT2D eigenvalue weighted by molar-refractivity contribution is -0.147. The summed E-state index contributed by atoms with van der Waals surface area (Å²) in [6, 6.07) is 7.43. The van der Waals surface area contributed by atoms with Gasteiger partial charge >= 0.3 is 5.97 Å². The second kappa shape index (κ2) is 5.87. The molecule has 120 valence electrons. The molecule has 1 aromatic heterocycles. The van der Waals surface area contributed by atoms with E-state index in [-0.39, 0.29) is 12.5 Å². The molecule has 1 saturated heterocycles. The van der Waals surface area contributed by atoms with Crippen molar-refractivity contribution < 1.29 is 14.7 Å². The number of amides is 1. The van der Waals surface area contributed by atoms with Crippen LogP contribution in [0.2, 0.25) is 0 Å². The van der Waals surface area contributed by atoms with Gasteiger partial charge in [0, 0.05) is 37.6 Å². The van der Waals surface area contributed by atoms with Crippen LogP contribution < -0.4 is 0 Å². The molecule has 1 atom stereocenters. The van der Waals surface area contributed by atoms with E-state index in [1.54, 1.807) is 36.5 Å². The first-order valence-electron chi connectivity index (χ1n) is 7.55. The molecule has 1 fully saturated rings. The van der Waals surface area contributed by atoms with Gasteiger partial charge in [0.2, 0.25) is 0 Å². The lowest BCUT2D eigenvalue weighted by Gasteiger charge is -2.20. The van der Waals surface area contributed by atoms with Gasteiger partial charge in [0.15, 0.2) is 0 Å². The molecule has 1 amide bonds. The smallest absolute Gasteiger partial charge is 0.311 e. The number of imidazole rings is 1. The van der Waals surface area contributed by atoms with Crippen LogP contribution in [0.25, 0.3) is 0 Å². The summed E-state index contributed by atoms with van der Waals surface area (Å²) >= 11 is 0. The van der Waals surface area contributed by atoms with Gasteiger partial charge in [-0.25, -0.2) is 4.98 Å². The average Bonchev–Trinajstić information content (AvgIpc) is 3.18. The summed E-state index contributed by atoms with van der Waals surface area (Å²) in [7, 11) is 0. The van der Waals surface area contributed by atoms with Gasteiger partial charge in [-0.2, -0.15) is 0 Å². The largest absolute Gasteiger partial charge is 0.481 e. The fourth-order valence-corrected chi connectivity index (χ4v) is 2.84. The summed E-state index contributed by atoms with van der Waals surface area (Å²) < 4.78 is 1.95. The maximum atomic E-state index is 12.5. The van der Waals surface area contributed by atoms with Crippen molar-refractivity contribution in [3.63, 3.8) is 0 Å². The molecular weight excluding hydrogens is 294 g/mol. The summed E-state index contributed by atoms with van der Waals surface area (Å²) in [5.74, 6) is -0.951. The molecule has 1 aliphatic rings. The van der Waals surface area contributed by atoms with Gasteiger partial charge in [-0.3, -0.25) is 9.59 Å². The molecule has 3 rings (SSSR count). The minimum absolute atomic E-state index is 0.107. The standard InChI is InChI=1S/C17H19N3O3/c1-17(16(22)23)6-8-20(11-17)15(21)14-4-2-13(3-5-14)10-19-9-7-18-12-19/h2-5,7,9,12H,6,8,10-11H2,1H3,(H,22,23). The number of nitrogens with zero attached hydrogens (tertiary/aromatic N) is 3. The van der Waals surface area contributed by atoms with E-state index in [0.29, 0.717) is 25.1 Å². The highest BCUT2D eigenvalue weighted by molar-refractivity contribution is 5.95. The van der Waals surface area contributed by atoms with Crippen LogP contribution in [-0.2, 0) is 11.3 Å². The Morgan fingerprint density at radius 2 is 2.04 bits per heavy atom.